The van der Waals surface area contributed by atoms with Crippen LogP contribution in [0.25, 0.3) is 0 Å². The Balaban J connectivity index is 3.46. The van der Waals surface area contributed by atoms with E-state index in [1.165, 1.54) is 6.92 Å². The van der Waals surface area contributed by atoms with Gasteiger partial charge in [0.25, 0.3) is 0 Å². The molecule has 1 rings (SSSR count). The van der Waals surface area contributed by atoms with E-state index in [1.54, 1.807) is 0 Å². The molecule has 0 aliphatic rings. The number of alkyl halides is 3. The van der Waals surface area contributed by atoms with Gasteiger partial charge in [-0.3, -0.25) is 0 Å². The fourth-order valence-electron chi connectivity index (χ4n) is 1.10. The molecule has 5 nitrogen and oxygen atoms in total. The molecule has 0 saturated heterocycles. The summed E-state index contributed by atoms with van der Waals surface area (Å²) in [6.45, 7) is 1.32. The van der Waals surface area contributed by atoms with Crippen molar-refractivity contribution in [1.29, 1.82) is 0 Å². The van der Waals surface area contributed by atoms with Gasteiger partial charge < -0.3 is 5.43 Å². The van der Waals surface area contributed by atoms with Crippen molar-refractivity contribution in [3.8, 4) is 0 Å². The molecule has 1 aromatic rings. The molecule has 0 unspecified atom stereocenters. The van der Waals surface area contributed by atoms with Gasteiger partial charge in [-0.1, -0.05) is 6.92 Å². The number of sulfone groups is 1. The first-order valence-electron chi connectivity index (χ1n) is 4.49. The highest BCUT2D eigenvalue weighted by Gasteiger charge is 2.33. The van der Waals surface area contributed by atoms with E-state index in [1.807, 2.05) is 5.43 Å². The smallest absolute Gasteiger partial charge is 0.307 e. The van der Waals surface area contributed by atoms with Gasteiger partial charge in [0.15, 0.2) is 15.7 Å². The van der Waals surface area contributed by atoms with Gasteiger partial charge in [-0.2, -0.15) is 13.2 Å². The lowest BCUT2D eigenvalue weighted by molar-refractivity contribution is -0.138. The molecular formula is C8H10F3N3O2S. The summed E-state index contributed by atoms with van der Waals surface area (Å²) in [5.41, 5.74) is 0.821. The zero-order valence-electron chi connectivity index (χ0n) is 8.75. The van der Waals surface area contributed by atoms with Crippen molar-refractivity contribution < 1.29 is 21.6 Å². The lowest BCUT2D eigenvalue weighted by atomic mass is 10.3. The quantitative estimate of drug-likeness (QED) is 0.635. The topological polar surface area (TPSA) is 85.1 Å². The van der Waals surface area contributed by atoms with E-state index in [2.05, 4.69) is 4.98 Å². The van der Waals surface area contributed by atoms with E-state index in [-0.39, 0.29) is 11.6 Å². The van der Waals surface area contributed by atoms with Crippen LogP contribution in [-0.2, 0) is 16.0 Å². The molecule has 0 radical (unpaired) electrons. The molecule has 3 N–H and O–H groups in total. The van der Waals surface area contributed by atoms with Gasteiger partial charge in [0.05, 0.1) is 11.3 Å². The fourth-order valence-corrected chi connectivity index (χ4v) is 2.12. The number of hydrazine groups is 1. The second-order valence-corrected chi connectivity index (χ2v) is 5.36. The Morgan fingerprint density at radius 2 is 2.06 bits per heavy atom. The molecule has 0 aliphatic heterocycles. The van der Waals surface area contributed by atoms with E-state index in [0.717, 1.165) is 0 Å². The molecule has 0 aromatic carbocycles. The maximum absolute atomic E-state index is 12.4. The third-order valence-corrected chi connectivity index (χ3v) is 3.77. The number of hydrogen-bond acceptors (Lipinski definition) is 5. The van der Waals surface area contributed by atoms with Crippen LogP contribution in [0, 0.1) is 0 Å². The third kappa shape index (κ3) is 2.86. The molecule has 0 aliphatic carbocycles. The van der Waals surface area contributed by atoms with Crippen LogP contribution in [-0.4, -0.2) is 19.2 Å². The maximum Gasteiger partial charge on any atom is 0.417 e. The summed E-state index contributed by atoms with van der Waals surface area (Å²) in [6, 6.07) is 0.515. The standard InChI is InChI=1S/C8H10F3N3O2S/c1-2-17(15,16)6-3-5(8(9,10)11)4-13-7(6)14-12/h3-4H,2,12H2,1H3,(H,13,14). The van der Waals surface area contributed by atoms with Gasteiger partial charge in [0, 0.05) is 6.20 Å². The Kier molecular flexibility index (Phi) is 3.62. The Bertz CT molecular complexity index is 513. The summed E-state index contributed by atoms with van der Waals surface area (Å²) in [7, 11) is -3.83. The highest BCUT2D eigenvalue weighted by molar-refractivity contribution is 7.91. The minimum atomic E-state index is -4.65. The van der Waals surface area contributed by atoms with Crippen LogP contribution in [0.4, 0.5) is 19.0 Å². The van der Waals surface area contributed by atoms with Gasteiger partial charge in [0.1, 0.15) is 4.90 Å². The Labute approximate surface area is 95.7 Å². The number of pyridine rings is 1. The zero-order valence-corrected chi connectivity index (χ0v) is 9.56. The summed E-state index contributed by atoms with van der Waals surface area (Å²) in [5, 5.41) is 0. The van der Waals surface area contributed by atoms with Gasteiger partial charge >= 0.3 is 6.18 Å². The molecule has 0 saturated carbocycles. The van der Waals surface area contributed by atoms with Crippen molar-refractivity contribution in [2.24, 2.45) is 5.84 Å². The van der Waals surface area contributed by atoms with Gasteiger partial charge in [-0.05, 0) is 6.07 Å². The Morgan fingerprint density at radius 3 is 2.47 bits per heavy atom. The van der Waals surface area contributed by atoms with Crippen LogP contribution in [0.5, 0.6) is 0 Å². The number of nitrogens with zero attached hydrogens (tertiary/aromatic N) is 1. The lowest BCUT2D eigenvalue weighted by Gasteiger charge is -2.11. The first-order valence-corrected chi connectivity index (χ1v) is 6.14. The van der Waals surface area contributed by atoms with Gasteiger partial charge in [-0.15, -0.1) is 0 Å². The number of nitrogen functional groups attached to an aromatic ring is 1. The summed E-state index contributed by atoms with van der Waals surface area (Å²) < 4.78 is 60.3. The number of nitrogens with two attached hydrogens (primary N) is 1. The average molecular weight is 269 g/mol. The Morgan fingerprint density at radius 1 is 1.47 bits per heavy atom. The molecule has 0 amide bonds. The monoisotopic (exact) mass is 269 g/mol. The van der Waals surface area contributed by atoms with Crippen molar-refractivity contribution in [2.75, 3.05) is 11.2 Å². The lowest BCUT2D eigenvalue weighted by Crippen LogP contribution is -2.17. The van der Waals surface area contributed by atoms with Crippen molar-refractivity contribution in [1.82, 2.24) is 4.98 Å². The number of halogens is 3. The molecule has 1 aromatic heterocycles. The van der Waals surface area contributed by atoms with Crippen LogP contribution in [0.2, 0.25) is 0 Å². The first-order chi connectivity index (χ1) is 7.72. The van der Waals surface area contributed by atoms with Crippen LogP contribution in [0.3, 0.4) is 0 Å². The van der Waals surface area contributed by atoms with Crippen LogP contribution < -0.4 is 11.3 Å². The van der Waals surface area contributed by atoms with Crippen LogP contribution in [0.15, 0.2) is 17.2 Å². The SMILES string of the molecule is CCS(=O)(=O)c1cc(C(F)(F)F)cnc1NN. The normalized spacial score (nSPS) is 12.5. The number of nitrogens with one attached hydrogen (secondary N) is 1. The number of hydrogen-bond donors (Lipinski definition) is 2. The molecule has 0 fully saturated rings. The average Bonchev–Trinajstić information content (AvgIpc) is 2.27. The van der Waals surface area contributed by atoms with Crippen LogP contribution >= 0.6 is 0 Å². The number of aromatic nitrogens is 1. The van der Waals surface area contributed by atoms with E-state index in [4.69, 9.17) is 5.84 Å². The van der Waals surface area contributed by atoms with E-state index in [9.17, 15) is 21.6 Å². The first kappa shape index (κ1) is 13.7. The molecule has 1 heterocycles. The maximum atomic E-state index is 12.4. The third-order valence-electron chi connectivity index (χ3n) is 2.03. The van der Waals surface area contributed by atoms with E-state index in [0.29, 0.717) is 12.3 Å². The van der Waals surface area contributed by atoms with Crippen molar-refractivity contribution in [3.05, 3.63) is 17.8 Å². The minimum Gasteiger partial charge on any atom is -0.307 e. The molecule has 96 valence electrons. The molecule has 0 atom stereocenters. The minimum absolute atomic E-state index is 0.306. The second kappa shape index (κ2) is 4.49. The summed E-state index contributed by atoms with van der Waals surface area (Å²) in [4.78, 5) is 2.78. The van der Waals surface area contributed by atoms with Crippen molar-refractivity contribution in [2.45, 2.75) is 18.0 Å². The van der Waals surface area contributed by atoms with Crippen LogP contribution in [0.1, 0.15) is 12.5 Å². The molecule has 9 heteroatoms. The Hall–Kier alpha value is -1.35. The predicted molar refractivity (Wildman–Crippen MR) is 54.8 cm³/mol. The number of rotatable bonds is 3. The van der Waals surface area contributed by atoms with E-state index < -0.39 is 26.5 Å². The molecule has 0 spiro atoms. The highest BCUT2D eigenvalue weighted by Crippen LogP contribution is 2.32. The summed E-state index contributed by atoms with van der Waals surface area (Å²) >= 11 is 0. The highest BCUT2D eigenvalue weighted by atomic mass is 32.2. The molecule has 17 heavy (non-hydrogen) atoms. The zero-order chi connectivity index (χ0) is 13.3. The molecule has 0 bridgehead atoms. The summed E-state index contributed by atoms with van der Waals surface area (Å²) in [5.74, 6) is 4.35. The van der Waals surface area contributed by atoms with Gasteiger partial charge in [-0.25, -0.2) is 19.2 Å². The predicted octanol–water partition coefficient (Wildman–Crippen LogP) is 1.18. The fraction of sp³-hybridized carbons (Fsp3) is 0.375. The summed E-state index contributed by atoms with van der Waals surface area (Å²) in [6.07, 6.45) is -4.14. The van der Waals surface area contributed by atoms with Gasteiger partial charge in [0.2, 0.25) is 0 Å². The number of anilines is 1. The molecular weight excluding hydrogens is 259 g/mol. The van der Waals surface area contributed by atoms with E-state index >= 15 is 0 Å². The largest absolute Gasteiger partial charge is 0.417 e. The van der Waals surface area contributed by atoms with Crippen molar-refractivity contribution >= 4 is 15.7 Å². The van der Waals surface area contributed by atoms with Crippen molar-refractivity contribution in [3.63, 3.8) is 0 Å². The second-order valence-electron chi connectivity index (χ2n) is 3.12.